The molecule has 0 fully saturated rings. The Kier molecular flexibility index (Phi) is 10.3. The average Bonchev–Trinajstić information content (AvgIpc) is 2.94. The molecule has 3 aromatic carbocycles. The first kappa shape index (κ1) is 30.6. The van der Waals surface area contributed by atoms with E-state index in [0.29, 0.717) is 17.7 Å². The summed E-state index contributed by atoms with van der Waals surface area (Å²) in [6.45, 7) is 6.46. The number of methoxy groups -OCH3 is 1. The van der Waals surface area contributed by atoms with Gasteiger partial charge in [0.2, 0.25) is 11.8 Å². The van der Waals surface area contributed by atoms with Crippen LogP contribution in [0.1, 0.15) is 38.3 Å². The average molecular weight is 570 g/mol. The second kappa shape index (κ2) is 13.4. The van der Waals surface area contributed by atoms with Gasteiger partial charge in [-0.1, -0.05) is 48.9 Å². The van der Waals surface area contributed by atoms with Crippen LogP contribution in [0.2, 0.25) is 0 Å². The van der Waals surface area contributed by atoms with E-state index in [2.05, 4.69) is 5.32 Å². The summed E-state index contributed by atoms with van der Waals surface area (Å²) in [7, 11) is -2.83. The Bertz CT molecular complexity index is 1430. The molecule has 214 valence electrons. The fraction of sp³-hybridized carbons (Fsp3) is 0.333. The van der Waals surface area contributed by atoms with Crippen LogP contribution in [0.5, 0.6) is 5.75 Å². The Balaban J connectivity index is 2.04. The molecule has 0 spiro atoms. The number of nitrogens with one attached hydrogen (secondary N) is 1. The fourth-order valence-electron chi connectivity index (χ4n) is 4.02. The number of nitrogens with zero attached hydrogens (tertiary/aromatic N) is 2. The normalized spacial score (nSPS) is 12.8. The molecule has 0 saturated carbocycles. The highest BCUT2D eigenvalue weighted by Gasteiger charge is 2.33. The first-order valence-corrected chi connectivity index (χ1v) is 14.5. The molecule has 0 bridgehead atoms. The van der Waals surface area contributed by atoms with Gasteiger partial charge >= 0.3 is 0 Å². The predicted octanol–water partition coefficient (Wildman–Crippen LogP) is 4.67. The molecule has 0 aliphatic rings. The van der Waals surface area contributed by atoms with Crippen molar-refractivity contribution in [3.05, 3.63) is 89.7 Å². The number of hydrogen-bond acceptors (Lipinski definition) is 5. The van der Waals surface area contributed by atoms with E-state index in [0.717, 1.165) is 15.9 Å². The van der Waals surface area contributed by atoms with Gasteiger partial charge in [0.05, 0.1) is 17.7 Å². The van der Waals surface area contributed by atoms with Gasteiger partial charge in [-0.25, -0.2) is 12.8 Å². The number of halogens is 1. The molecule has 8 nitrogen and oxygen atoms in total. The highest BCUT2D eigenvalue weighted by molar-refractivity contribution is 7.92. The molecule has 0 aliphatic carbocycles. The molecule has 3 aromatic rings. The fourth-order valence-corrected chi connectivity index (χ4v) is 5.44. The molecule has 1 N–H and O–H groups in total. The Hall–Kier alpha value is -3.92. The molecule has 0 unspecified atom stereocenters. The van der Waals surface area contributed by atoms with E-state index < -0.39 is 34.3 Å². The topological polar surface area (TPSA) is 96.0 Å². The van der Waals surface area contributed by atoms with E-state index in [1.165, 1.54) is 42.3 Å². The van der Waals surface area contributed by atoms with Gasteiger partial charge in [-0.3, -0.25) is 13.9 Å². The molecule has 40 heavy (non-hydrogen) atoms. The zero-order valence-corrected chi connectivity index (χ0v) is 24.2. The second-order valence-electron chi connectivity index (χ2n) is 9.64. The number of anilines is 1. The molecule has 0 heterocycles. The summed E-state index contributed by atoms with van der Waals surface area (Å²) in [6.07, 6.45) is 0.693. The van der Waals surface area contributed by atoms with E-state index in [1.807, 2.05) is 20.8 Å². The second-order valence-corrected chi connectivity index (χ2v) is 11.5. The summed E-state index contributed by atoms with van der Waals surface area (Å²) in [5.74, 6) is -1.29. The minimum absolute atomic E-state index is 0.000811. The third-order valence-electron chi connectivity index (χ3n) is 6.66. The minimum Gasteiger partial charge on any atom is -0.497 e. The molecule has 0 radical (unpaired) electrons. The summed E-state index contributed by atoms with van der Waals surface area (Å²) in [6, 6.07) is 17.4. The molecule has 0 aromatic heterocycles. The molecule has 0 saturated heterocycles. The van der Waals surface area contributed by atoms with E-state index in [9.17, 15) is 22.4 Å². The summed E-state index contributed by atoms with van der Waals surface area (Å²) in [5.41, 5.74) is 1.25. The van der Waals surface area contributed by atoms with E-state index in [4.69, 9.17) is 4.74 Å². The molecule has 0 aliphatic heterocycles. The van der Waals surface area contributed by atoms with Crippen molar-refractivity contribution in [1.29, 1.82) is 0 Å². The number of rotatable bonds is 12. The Morgan fingerprint density at radius 1 is 1.00 bits per heavy atom. The van der Waals surface area contributed by atoms with E-state index in [-0.39, 0.29) is 29.1 Å². The molecule has 3 rings (SSSR count). The van der Waals surface area contributed by atoms with Crippen LogP contribution in [-0.4, -0.2) is 50.9 Å². The molecule has 10 heteroatoms. The Labute approximate surface area is 235 Å². The monoisotopic (exact) mass is 569 g/mol. The van der Waals surface area contributed by atoms with Gasteiger partial charge in [0.25, 0.3) is 10.0 Å². The van der Waals surface area contributed by atoms with Crippen LogP contribution in [0.4, 0.5) is 10.1 Å². The minimum atomic E-state index is -4.35. The van der Waals surface area contributed by atoms with Gasteiger partial charge in [-0.15, -0.1) is 0 Å². The van der Waals surface area contributed by atoms with Gasteiger partial charge in [-0.05, 0) is 69.2 Å². The smallest absolute Gasteiger partial charge is 0.264 e. The zero-order valence-electron chi connectivity index (χ0n) is 23.4. The van der Waals surface area contributed by atoms with Crippen molar-refractivity contribution in [2.75, 3.05) is 18.0 Å². The lowest BCUT2D eigenvalue weighted by Gasteiger charge is -2.32. The van der Waals surface area contributed by atoms with Crippen LogP contribution >= 0.6 is 0 Å². The first-order valence-electron chi connectivity index (χ1n) is 13.0. The van der Waals surface area contributed by atoms with Crippen molar-refractivity contribution in [1.82, 2.24) is 10.2 Å². The number of hydrogen-bond donors (Lipinski definition) is 1. The number of amides is 2. The Morgan fingerprint density at radius 2 is 1.68 bits per heavy atom. The van der Waals surface area contributed by atoms with Gasteiger partial charge < -0.3 is 15.0 Å². The number of benzene rings is 3. The number of aryl methyl sites for hydroxylation is 1. The third kappa shape index (κ3) is 7.38. The van der Waals surface area contributed by atoms with Crippen molar-refractivity contribution in [3.63, 3.8) is 0 Å². The van der Waals surface area contributed by atoms with Gasteiger partial charge in [-0.2, -0.15) is 0 Å². The van der Waals surface area contributed by atoms with Crippen LogP contribution < -0.4 is 14.4 Å². The maximum Gasteiger partial charge on any atom is 0.264 e. The zero-order chi connectivity index (χ0) is 29.4. The SMILES string of the molecule is CC[C@@H](C)NC(=O)[C@H](C)N(Cc1cccc(OC)c1)C(=O)CN(c1ccccc1F)S(=O)(=O)c1ccc(C)cc1. The number of carbonyl (C=O) groups excluding carboxylic acids is 2. The summed E-state index contributed by atoms with van der Waals surface area (Å²) < 4.78 is 48.6. The van der Waals surface area contributed by atoms with Crippen LogP contribution in [0.25, 0.3) is 0 Å². The van der Waals surface area contributed by atoms with Crippen LogP contribution in [-0.2, 0) is 26.2 Å². The number of carbonyl (C=O) groups is 2. The van der Waals surface area contributed by atoms with Crippen molar-refractivity contribution in [3.8, 4) is 5.75 Å². The summed E-state index contributed by atoms with van der Waals surface area (Å²) >= 11 is 0. The quantitative estimate of drug-likeness (QED) is 0.342. The van der Waals surface area contributed by atoms with Gasteiger partial charge in [0, 0.05) is 12.6 Å². The lowest BCUT2D eigenvalue weighted by Crippen LogP contribution is -2.52. The number of sulfonamides is 1. The first-order chi connectivity index (χ1) is 19.0. The highest BCUT2D eigenvalue weighted by Crippen LogP contribution is 2.27. The van der Waals surface area contributed by atoms with Crippen LogP contribution in [0.15, 0.2) is 77.7 Å². The lowest BCUT2D eigenvalue weighted by molar-refractivity contribution is -0.139. The van der Waals surface area contributed by atoms with Crippen molar-refractivity contribution < 1.29 is 27.1 Å². The largest absolute Gasteiger partial charge is 0.497 e. The summed E-state index contributed by atoms with van der Waals surface area (Å²) in [4.78, 5) is 28.2. The molecule has 2 amide bonds. The van der Waals surface area contributed by atoms with Crippen molar-refractivity contribution in [2.45, 2.75) is 57.6 Å². The van der Waals surface area contributed by atoms with E-state index in [1.54, 1.807) is 43.3 Å². The highest BCUT2D eigenvalue weighted by atomic mass is 32.2. The van der Waals surface area contributed by atoms with Gasteiger partial charge in [0.1, 0.15) is 24.2 Å². The summed E-state index contributed by atoms with van der Waals surface area (Å²) in [5, 5.41) is 2.88. The van der Waals surface area contributed by atoms with Crippen molar-refractivity contribution in [2.24, 2.45) is 0 Å². The number of para-hydroxylation sites is 1. The van der Waals surface area contributed by atoms with Crippen LogP contribution in [0.3, 0.4) is 0 Å². The van der Waals surface area contributed by atoms with E-state index >= 15 is 0 Å². The van der Waals surface area contributed by atoms with Crippen LogP contribution in [0, 0.1) is 12.7 Å². The van der Waals surface area contributed by atoms with Crippen molar-refractivity contribution >= 4 is 27.5 Å². The molecular weight excluding hydrogens is 533 g/mol. The standard InChI is InChI=1S/C30H36FN3O5S/c1-6-22(3)32-30(36)23(4)33(19-24-10-9-11-25(18-24)39-5)29(35)20-34(28-13-8-7-12-27(28)31)40(37,38)26-16-14-21(2)15-17-26/h7-18,22-23H,6,19-20H2,1-5H3,(H,32,36)/t22-,23+/m1/s1. The lowest BCUT2D eigenvalue weighted by atomic mass is 10.1. The number of ether oxygens (including phenoxy) is 1. The maximum absolute atomic E-state index is 15.0. The third-order valence-corrected chi connectivity index (χ3v) is 8.44. The molecular formula is C30H36FN3O5S. The predicted molar refractivity (Wildman–Crippen MR) is 153 cm³/mol. The molecule has 2 atom stereocenters. The maximum atomic E-state index is 15.0. The Morgan fingerprint density at radius 3 is 2.30 bits per heavy atom. The van der Waals surface area contributed by atoms with Gasteiger partial charge in [0.15, 0.2) is 0 Å².